The van der Waals surface area contributed by atoms with Gasteiger partial charge >= 0.3 is 6.61 Å². The Morgan fingerprint density at radius 2 is 1.97 bits per heavy atom. The number of anilines is 1. The van der Waals surface area contributed by atoms with E-state index in [1.54, 1.807) is 7.11 Å². The van der Waals surface area contributed by atoms with Crippen LogP contribution in [-0.2, 0) is 9.59 Å². The predicted octanol–water partition coefficient (Wildman–Crippen LogP) is 4.50. The molecule has 7 nitrogen and oxygen atoms in total. The van der Waals surface area contributed by atoms with Gasteiger partial charge in [-0.2, -0.15) is 8.78 Å². The summed E-state index contributed by atoms with van der Waals surface area (Å²) < 4.78 is 34.6. The molecule has 3 atom stereocenters. The first kappa shape index (κ1) is 24.9. The third kappa shape index (κ3) is 5.90. The van der Waals surface area contributed by atoms with Crippen molar-refractivity contribution in [2.24, 2.45) is 0 Å². The van der Waals surface area contributed by atoms with Gasteiger partial charge in [0.15, 0.2) is 0 Å². The SMILES string of the molecule is COc1cccc([C@@H]2C[C@]3(C)NC(=O)CCCC[C@@H]3N2CC(=O)Nc2ccc(OC(F)F)cc2)c1. The summed E-state index contributed by atoms with van der Waals surface area (Å²) in [5.74, 6) is 0.574. The zero-order valence-electron chi connectivity index (χ0n) is 19.9. The predicted molar refractivity (Wildman–Crippen MR) is 128 cm³/mol. The largest absolute Gasteiger partial charge is 0.497 e. The Morgan fingerprint density at radius 1 is 1.20 bits per heavy atom. The van der Waals surface area contributed by atoms with Gasteiger partial charge in [-0.15, -0.1) is 0 Å². The number of benzene rings is 2. The van der Waals surface area contributed by atoms with Crippen LogP contribution in [0.1, 0.15) is 50.6 Å². The minimum absolute atomic E-state index is 0.0180. The van der Waals surface area contributed by atoms with E-state index in [1.165, 1.54) is 24.3 Å². The molecule has 2 heterocycles. The van der Waals surface area contributed by atoms with Crippen molar-refractivity contribution in [3.63, 3.8) is 0 Å². The summed E-state index contributed by atoms with van der Waals surface area (Å²) in [4.78, 5) is 27.8. The van der Waals surface area contributed by atoms with Crippen LogP contribution in [0.5, 0.6) is 11.5 Å². The zero-order valence-corrected chi connectivity index (χ0v) is 19.9. The van der Waals surface area contributed by atoms with Gasteiger partial charge in [0.05, 0.1) is 19.2 Å². The Hall–Kier alpha value is -3.20. The van der Waals surface area contributed by atoms with E-state index < -0.39 is 12.2 Å². The number of carbonyl (C=O) groups excluding carboxylic acids is 2. The lowest BCUT2D eigenvalue weighted by atomic mass is 9.85. The second-order valence-corrected chi connectivity index (χ2v) is 9.35. The van der Waals surface area contributed by atoms with Crippen molar-refractivity contribution in [2.75, 3.05) is 19.0 Å². The number of halogens is 2. The highest BCUT2D eigenvalue weighted by molar-refractivity contribution is 5.92. The van der Waals surface area contributed by atoms with Gasteiger partial charge in [0.1, 0.15) is 11.5 Å². The highest BCUT2D eigenvalue weighted by Crippen LogP contribution is 2.45. The summed E-state index contributed by atoms with van der Waals surface area (Å²) in [6, 6.07) is 13.5. The number of hydrogen-bond acceptors (Lipinski definition) is 5. The van der Waals surface area contributed by atoms with Crippen molar-refractivity contribution in [3.8, 4) is 11.5 Å². The van der Waals surface area contributed by atoms with Crippen LogP contribution < -0.4 is 20.1 Å². The van der Waals surface area contributed by atoms with E-state index in [9.17, 15) is 18.4 Å². The van der Waals surface area contributed by atoms with Gasteiger partial charge in [-0.3, -0.25) is 14.5 Å². The third-order valence-electron chi connectivity index (χ3n) is 6.88. The van der Waals surface area contributed by atoms with Crippen LogP contribution in [0.4, 0.5) is 14.5 Å². The Labute approximate surface area is 203 Å². The number of nitrogens with zero attached hydrogens (tertiary/aromatic N) is 1. The molecule has 0 saturated carbocycles. The maximum atomic E-state index is 13.1. The number of carbonyl (C=O) groups is 2. The molecule has 0 spiro atoms. The number of hydrogen-bond donors (Lipinski definition) is 2. The molecule has 188 valence electrons. The smallest absolute Gasteiger partial charge is 0.387 e. The number of nitrogens with one attached hydrogen (secondary N) is 2. The minimum Gasteiger partial charge on any atom is -0.497 e. The van der Waals surface area contributed by atoms with Crippen LogP contribution in [0.15, 0.2) is 48.5 Å². The summed E-state index contributed by atoms with van der Waals surface area (Å²) >= 11 is 0. The van der Waals surface area contributed by atoms with E-state index in [2.05, 4.69) is 27.2 Å². The van der Waals surface area contributed by atoms with E-state index >= 15 is 0 Å². The molecule has 2 aliphatic heterocycles. The molecule has 35 heavy (non-hydrogen) atoms. The molecule has 2 N–H and O–H groups in total. The van der Waals surface area contributed by atoms with E-state index in [1.807, 2.05) is 24.3 Å². The van der Waals surface area contributed by atoms with E-state index in [0.717, 1.165) is 30.6 Å². The summed E-state index contributed by atoms with van der Waals surface area (Å²) in [5.41, 5.74) is 1.04. The van der Waals surface area contributed by atoms with Gasteiger partial charge in [-0.1, -0.05) is 18.6 Å². The first-order valence-electron chi connectivity index (χ1n) is 11.8. The van der Waals surface area contributed by atoms with Gasteiger partial charge < -0.3 is 20.1 Å². The number of ether oxygens (including phenoxy) is 2. The number of fused-ring (bicyclic) bond motifs is 1. The average molecular weight is 488 g/mol. The lowest BCUT2D eigenvalue weighted by Gasteiger charge is -2.38. The molecule has 2 aliphatic rings. The summed E-state index contributed by atoms with van der Waals surface area (Å²) in [6.07, 6.45) is 3.77. The number of rotatable bonds is 7. The normalized spacial score (nSPS) is 24.8. The minimum atomic E-state index is -2.90. The average Bonchev–Trinajstić information content (AvgIpc) is 3.06. The van der Waals surface area contributed by atoms with Crippen molar-refractivity contribution in [2.45, 2.75) is 63.3 Å². The van der Waals surface area contributed by atoms with Crippen LogP contribution >= 0.6 is 0 Å². The van der Waals surface area contributed by atoms with Crippen LogP contribution in [0, 0.1) is 0 Å². The molecule has 4 rings (SSSR count). The number of methoxy groups -OCH3 is 1. The number of likely N-dealkylation sites (tertiary alicyclic amines) is 1. The molecule has 0 aliphatic carbocycles. The van der Waals surface area contributed by atoms with E-state index in [4.69, 9.17) is 4.74 Å². The fraction of sp³-hybridized carbons (Fsp3) is 0.462. The lowest BCUT2D eigenvalue weighted by molar-refractivity contribution is -0.123. The van der Waals surface area contributed by atoms with Crippen LogP contribution in [0.25, 0.3) is 0 Å². The summed E-state index contributed by atoms with van der Waals surface area (Å²) in [7, 11) is 1.62. The molecule has 2 aromatic rings. The van der Waals surface area contributed by atoms with Crippen LogP contribution in [-0.4, -0.2) is 48.6 Å². The van der Waals surface area contributed by atoms with Crippen molar-refractivity contribution < 1.29 is 27.8 Å². The highest BCUT2D eigenvalue weighted by Gasteiger charge is 2.51. The fourth-order valence-corrected chi connectivity index (χ4v) is 5.33. The fourth-order valence-electron chi connectivity index (χ4n) is 5.33. The molecule has 9 heteroatoms. The molecule has 0 bridgehead atoms. The molecule has 2 fully saturated rings. The van der Waals surface area contributed by atoms with Crippen molar-refractivity contribution >= 4 is 17.5 Å². The molecule has 0 radical (unpaired) electrons. The molecule has 2 amide bonds. The molecule has 2 aromatic carbocycles. The number of amides is 2. The number of alkyl halides is 2. The molecular formula is C26H31F2N3O4. The van der Waals surface area contributed by atoms with Gasteiger partial charge in [0, 0.05) is 24.2 Å². The van der Waals surface area contributed by atoms with Crippen molar-refractivity contribution in [1.82, 2.24) is 10.2 Å². The Balaban J connectivity index is 1.56. The topological polar surface area (TPSA) is 79.9 Å². The maximum Gasteiger partial charge on any atom is 0.387 e. The standard InChI is InChI=1S/C26H31F2N3O4/c1-26-15-21(17-6-5-7-20(14-17)34-2)31(22(26)8-3-4-9-23(32)30-26)16-24(33)29-18-10-12-19(13-11-18)35-25(27)28/h5-7,10-14,21-22,25H,3-4,8-9,15-16H2,1-2H3,(H,29,33)(H,30,32)/t21-,22-,26-/m0/s1. The monoisotopic (exact) mass is 487 g/mol. The Kier molecular flexibility index (Phi) is 7.54. The van der Waals surface area contributed by atoms with Gasteiger partial charge in [-0.25, -0.2) is 0 Å². The summed E-state index contributed by atoms with van der Waals surface area (Å²) in [6.45, 7) is -0.723. The molecule has 0 aromatic heterocycles. The molecule has 0 unspecified atom stereocenters. The van der Waals surface area contributed by atoms with E-state index in [-0.39, 0.29) is 36.2 Å². The van der Waals surface area contributed by atoms with Crippen LogP contribution in [0.3, 0.4) is 0 Å². The van der Waals surface area contributed by atoms with Gasteiger partial charge in [-0.05, 0) is 68.1 Å². The van der Waals surface area contributed by atoms with Crippen molar-refractivity contribution in [1.29, 1.82) is 0 Å². The molecule has 2 saturated heterocycles. The third-order valence-corrected chi connectivity index (χ3v) is 6.88. The molecular weight excluding hydrogens is 456 g/mol. The highest BCUT2D eigenvalue weighted by atomic mass is 19.3. The Morgan fingerprint density at radius 3 is 2.69 bits per heavy atom. The van der Waals surface area contributed by atoms with E-state index in [0.29, 0.717) is 18.5 Å². The lowest BCUT2D eigenvalue weighted by Crippen LogP contribution is -2.56. The zero-order chi connectivity index (χ0) is 25.0. The quantitative estimate of drug-likeness (QED) is 0.601. The second-order valence-electron chi connectivity index (χ2n) is 9.35. The van der Waals surface area contributed by atoms with Crippen LogP contribution in [0.2, 0.25) is 0 Å². The van der Waals surface area contributed by atoms with Crippen molar-refractivity contribution in [3.05, 3.63) is 54.1 Å². The maximum absolute atomic E-state index is 13.1. The second kappa shape index (κ2) is 10.6. The summed E-state index contributed by atoms with van der Waals surface area (Å²) in [5, 5.41) is 6.09. The Bertz CT molecular complexity index is 1050. The first-order valence-corrected chi connectivity index (χ1v) is 11.8. The van der Waals surface area contributed by atoms with Gasteiger partial charge in [0.2, 0.25) is 11.8 Å². The first-order chi connectivity index (χ1) is 16.8. The van der Waals surface area contributed by atoms with Gasteiger partial charge in [0.25, 0.3) is 0 Å².